The summed E-state index contributed by atoms with van der Waals surface area (Å²) in [6, 6.07) is -0.591. The first-order valence-electron chi connectivity index (χ1n) is 4.17. The van der Waals surface area contributed by atoms with Crippen LogP contribution >= 0.6 is 0 Å². The summed E-state index contributed by atoms with van der Waals surface area (Å²) in [5.74, 6) is -1.00. The van der Waals surface area contributed by atoms with Gasteiger partial charge >= 0.3 is 5.97 Å². The molecule has 0 aromatic carbocycles. The molecule has 2 amide bonds. The van der Waals surface area contributed by atoms with Gasteiger partial charge in [0.05, 0.1) is 26.1 Å². The Bertz CT molecular complexity index is 277. The average molecular weight is 200 g/mol. The summed E-state index contributed by atoms with van der Waals surface area (Å²) in [6.07, 6.45) is 0.103. The number of nitrogens with zero attached hydrogens (tertiary/aromatic N) is 1. The molecule has 1 aliphatic rings. The van der Waals surface area contributed by atoms with Gasteiger partial charge in [0.2, 0.25) is 11.8 Å². The van der Waals surface area contributed by atoms with Gasteiger partial charge in [0, 0.05) is 7.05 Å². The lowest BCUT2D eigenvalue weighted by atomic mass is 10.2. The van der Waals surface area contributed by atoms with Gasteiger partial charge in [0.1, 0.15) is 0 Å². The van der Waals surface area contributed by atoms with Gasteiger partial charge in [-0.1, -0.05) is 0 Å². The summed E-state index contributed by atoms with van der Waals surface area (Å²) in [6.45, 7) is -0.0615. The number of imide groups is 1. The van der Waals surface area contributed by atoms with Crippen LogP contribution in [0.5, 0.6) is 0 Å². The van der Waals surface area contributed by atoms with Crippen molar-refractivity contribution in [2.75, 3.05) is 20.7 Å². The number of ether oxygens (including phenoxy) is 1. The second kappa shape index (κ2) is 4.19. The number of likely N-dealkylation sites (N-methyl/N-ethyl adjacent to an activating group) is 1. The number of hydrogen-bond acceptors (Lipinski definition) is 5. The van der Waals surface area contributed by atoms with Gasteiger partial charge in [-0.2, -0.15) is 0 Å². The predicted molar refractivity (Wildman–Crippen MR) is 46.2 cm³/mol. The maximum absolute atomic E-state index is 11.3. The summed E-state index contributed by atoms with van der Waals surface area (Å²) in [5, 5.41) is 2.66. The molecule has 14 heavy (non-hydrogen) atoms. The topological polar surface area (TPSA) is 75.7 Å². The lowest BCUT2D eigenvalue weighted by molar-refractivity contribution is -0.139. The number of rotatable bonds is 3. The third-order valence-corrected chi connectivity index (χ3v) is 2.10. The standard InChI is InChI=1S/C8H12N2O4/c1-10-6(11)3-5(8(10)13)9-4-7(12)14-2/h5,9H,3-4H2,1-2H3. The summed E-state index contributed by atoms with van der Waals surface area (Å²) >= 11 is 0. The van der Waals surface area contributed by atoms with Crippen LogP contribution in [0.15, 0.2) is 0 Å². The molecule has 0 aliphatic carbocycles. The second-order valence-corrected chi connectivity index (χ2v) is 3.00. The highest BCUT2D eigenvalue weighted by molar-refractivity contribution is 6.05. The molecule has 0 saturated carbocycles. The molecule has 78 valence electrons. The van der Waals surface area contributed by atoms with E-state index in [1.54, 1.807) is 0 Å². The molecule has 1 aliphatic heterocycles. The molecule has 6 heteroatoms. The number of amides is 2. The third-order valence-electron chi connectivity index (χ3n) is 2.10. The molecule has 1 unspecified atom stereocenters. The first-order valence-corrected chi connectivity index (χ1v) is 4.17. The van der Waals surface area contributed by atoms with Crippen LogP contribution in [0, 0.1) is 0 Å². The van der Waals surface area contributed by atoms with Gasteiger partial charge in [-0.05, 0) is 0 Å². The average Bonchev–Trinajstić information content (AvgIpc) is 2.42. The van der Waals surface area contributed by atoms with E-state index in [4.69, 9.17) is 0 Å². The summed E-state index contributed by atoms with van der Waals surface area (Å²) in [7, 11) is 2.68. The fourth-order valence-corrected chi connectivity index (χ4v) is 1.19. The first kappa shape index (κ1) is 10.6. The minimum Gasteiger partial charge on any atom is -0.468 e. The van der Waals surface area contributed by atoms with Crippen molar-refractivity contribution in [1.29, 1.82) is 0 Å². The van der Waals surface area contributed by atoms with Crippen molar-refractivity contribution < 1.29 is 19.1 Å². The van der Waals surface area contributed by atoms with Crippen molar-refractivity contribution in [2.45, 2.75) is 12.5 Å². The summed E-state index contributed by atoms with van der Waals surface area (Å²) < 4.78 is 4.39. The molecular formula is C8H12N2O4. The van der Waals surface area contributed by atoms with Crippen LogP contribution in [0.2, 0.25) is 0 Å². The van der Waals surface area contributed by atoms with Crippen LogP contribution in [0.1, 0.15) is 6.42 Å². The summed E-state index contributed by atoms with van der Waals surface area (Å²) in [5.41, 5.74) is 0. The second-order valence-electron chi connectivity index (χ2n) is 3.00. The van der Waals surface area contributed by atoms with E-state index in [9.17, 15) is 14.4 Å². The van der Waals surface area contributed by atoms with E-state index < -0.39 is 12.0 Å². The Morgan fingerprint density at radius 2 is 2.29 bits per heavy atom. The van der Waals surface area contributed by atoms with Crippen molar-refractivity contribution in [1.82, 2.24) is 10.2 Å². The van der Waals surface area contributed by atoms with Crippen LogP contribution in [0.4, 0.5) is 0 Å². The lowest BCUT2D eigenvalue weighted by Crippen LogP contribution is -2.39. The zero-order chi connectivity index (χ0) is 10.7. The fourth-order valence-electron chi connectivity index (χ4n) is 1.19. The van der Waals surface area contributed by atoms with E-state index in [1.165, 1.54) is 14.2 Å². The quantitative estimate of drug-likeness (QED) is 0.443. The summed E-state index contributed by atoms with van der Waals surface area (Å²) in [4.78, 5) is 34.2. The first-order chi connectivity index (χ1) is 6.56. The van der Waals surface area contributed by atoms with Crippen LogP contribution in [-0.2, 0) is 19.1 Å². The zero-order valence-corrected chi connectivity index (χ0v) is 8.07. The Morgan fingerprint density at radius 3 is 2.71 bits per heavy atom. The zero-order valence-electron chi connectivity index (χ0n) is 8.07. The smallest absolute Gasteiger partial charge is 0.319 e. The van der Waals surface area contributed by atoms with Gasteiger partial charge in [-0.25, -0.2) is 0 Å². The number of esters is 1. The molecule has 0 spiro atoms. The minimum absolute atomic E-state index is 0.0615. The molecule has 0 radical (unpaired) electrons. The Morgan fingerprint density at radius 1 is 1.64 bits per heavy atom. The van der Waals surface area contributed by atoms with E-state index in [0.29, 0.717) is 0 Å². The molecule has 1 heterocycles. The Hall–Kier alpha value is -1.43. The molecule has 0 bridgehead atoms. The highest BCUT2D eigenvalue weighted by Gasteiger charge is 2.35. The van der Waals surface area contributed by atoms with Gasteiger partial charge in [0.25, 0.3) is 0 Å². The van der Waals surface area contributed by atoms with E-state index >= 15 is 0 Å². The van der Waals surface area contributed by atoms with Crippen LogP contribution in [0.25, 0.3) is 0 Å². The number of hydrogen-bond donors (Lipinski definition) is 1. The highest BCUT2D eigenvalue weighted by atomic mass is 16.5. The molecule has 1 N–H and O–H groups in total. The van der Waals surface area contributed by atoms with Crippen molar-refractivity contribution in [3.8, 4) is 0 Å². The number of carbonyl (C=O) groups excluding carboxylic acids is 3. The molecular weight excluding hydrogens is 188 g/mol. The van der Waals surface area contributed by atoms with E-state index in [0.717, 1.165) is 4.90 Å². The largest absolute Gasteiger partial charge is 0.468 e. The molecule has 6 nitrogen and oxygen atoms in total. The number of likely N-dealkylation sites (tertiary alicyclic amines) is 1. The van der Waals surface area contributed by atoms with Crippen LogP contribution < -0.4 is 5.32 Å². The van der Waals surface area contributed by atoms with E-state index in [1.807, 2.05) is 0 Å². The Kier molecular flexibility index (Phi) is 3.19. The van der Waals surface area contributed by atoms with Gasteiger partial charge in [-0.15, -0.1) is 0 Å². The normalized spacial score (nSPS) is 21.6. The number of carbonyl (C=O) groups is 3. The van der Waals surface area contributed by atoms with Crippen molar-refractivity contribution in [3.05, 3.63) is 0 Å². The monoisotopic (exact) mass is 200 g/mol. The molecule has 1 fully saturated rings. The highest BCUT2D eigenvalue weighted by Crippen LogP contribution is 2.09. The minimum atomic E-state index is -0.591. The van der Waals surface area contributed by atoms with Gasteiger partial charge in [-0.3, -0.25) is 24.6 Å². The maximum atomic E-state index is 11.3. The Balaban J connectivity index is 2.44. The maximum Gasteiger partial charge on any atom is 0.319 e. The number of nitrogens with one attached hydrogen (secondary N) is 1. The van der Waals surface area contributed by atoms with Gasteiger partial charge in [0.15, 0.2) is 0 Å². The van der Waals surface area contributed by atoms with Crippen molar-refractivity contribution in [3.63, 3.8) is 0 Å². The van der Waals surface area contributed by atoms with Crippen molar-refractivity contribution >= 4 is 17.8 Å². The molecule has 0 aromatic heterocycles. The number of methoxy groups -OCH3 is 1. The van der Waals surface area contributed by atoms with E-state index in [2.05, 4.69) is 10.1 Å². The molecule has 1 atom stereocenters. The van der Waals surface area contributed by atoms with Crippen LogP contribution in [-0.4, -0.2) is 49.4 Å². The van der Waals surface area contributed by atoms with Crippen molar-refractivity contribution in [2.24, 2.45) is 0 Å². The third kappa shape index (κ3) is 2.08. The van der Waals surface area contributed by atoms with Crippen LogP contribution in [0.3, 0.4) is 0 Å². The fraction of sp³-hybridized carbons (Fsp3) is 0.625. The molecule has 1 rings (SSSR count). The SMILES string of the molecule is COC(=O)CNC1CC(=O)N(C)C1=O. The molecule has 1 saturated heterocycles. The molecule has 0 aromatic rings. The van der Waals surface area contributed by atoms with Gasteiger partial charge < -0.3 is 4.74 Å². The van der Waals surface area contributed by atoms with E-state index in [-0.39, 0.29) is 24.8 Å². The Labute approximate surface area is 81.2 Å². The lowest BCUT2D eigenvalue weighted by Gasteiger charge is -2.09. The predicted octanol–water partition coefficient (Wildman–Crippen LogP) is -1.49.